The van der Waals surface area contributed by atoms with Gasteiger partial charge in [-0.2, -0.15) is 0 Å². The van der Waals surface area contributed by atoms with Gasteiger partial charge in [-0.15, -0.1) is 5.10 Å². The molecule has 2 aromatic rings. The molecule has 1 saturated carbocycles. The van der Waals surface area contributed by atoms with Gasteiger partial charge in [-0.3, -0.25) is 4.90 Å². The van der Waals surface area contributed by atoms with E-state index >= 15 is 0 Å². The van der Waals surface area contributed by atoms with Gasteiger partial charge in [0.05, 0.1) is 18.8 Å². The summed E-state index contributed by atoms with van der Waals surface area (Å²) in [7, 11) is 0. The number of amides is 2. The highest BCUT2D eigenvalue weighted by Crippen LogP contribution is 2.29. The summed E-state index contributed by atoms with van der Waals surface area (Å²) in [6, 6.07) is 7.25. The Hall–Kier alpha value is -2.52. The van der Waals surface area contributed by atoms with Crippen LogP contribution in [-0.2, 0) is 24.4 Å². The number of hydrogen-bond acceptors (Lipinski definition) is 5. The molecule has 0 radical (unpaired) electrons. The normalized spacial score (nSPS) is 22.6. The van der Waals surface area contributed by atoms with Gasteiger partial charge in [0.15, 0.2) is 0 Å². The molecular weight excluding hydrogens is 411 g/mol. The van der Waals surface area contributed by atoms with Crippen molar-refractivity contribution in [2.75, 3.05) is 13.1 Å². The van der Waals surface area contributed by atoms with E-state index in [1.165, 1.54) is 18.9 Å². The minimum absolute atomic E-state index is 0.0238. The van der Waals surface area contributed by atoms with Gasteiger partial charge >= 0.3 is 6.03 Å². The molecule has 2 amide bonds. The predicted octanol–water partition coefficient (Wildman–Crippen LogP) is 2.89. The van der Waals surface area contributed by atoms with Crippen molar-refractivity contribution >= 4 is 6.03 Å². The van der Waals surface area contributed by atoms with Crippen molar-refractivity contribution in [2.24, 2.45) is 0 Å². The van der Waals surface area contributed by atoms with E-state index in [2.05, 4.69) is 25.8 Å². The number of benzene rings is 1. The van der Waals surface area contributed by atoms with Crippen LogP contribution in [0.3, 0.4) is 0 Å². The molecule has 2 N–H and O–H groups in total. The molecule has 1 aliphatic carbocycles. The van der Waals surface area contributed by atoms with Crippen LogP contribution < -0.4 is 10.6 Å². The number of rotatable bonds is 5. The Morgan fingerprint density at radius 2 is 1.81 bits per heavy atom. The summed E-state index contributed by atoms with van der Waals surface area (Å²) >= 11 is 0. The fourth-order valence-corrected chi connectivity index (χ4v) is 5.04. The van der Waals surface area contributed by atoms with Crippen LogP contribution in [0.25, 0.3) is 0 Å². The Labute approximate surface area is 187 Å². The van der Waals surface area contributed by atoms with Gasteiger partial charge < -0.3 is 15.4 Å². The molecular formula is C23H31FN6O2. The average Bonchev–Trinajstić information content (AvgIpc) is 3.45. The van der Waals surface area contributed by atoms with Crippen LogP contribution in [-0.4, -0.2) is 51.1 Å². The van der Waals surface area contributed by atoms with Gasteiger partial charge in [-0.1, -0.05) is 36.3 Å². The number of aromatic nitrogens is 3. The fraction of sp³-hybridized carbons (Fsp3) is 0.609. The lowest BCUT2D eigenvalue weighted by Gasteiger charge is -2.32. The van der Waals surface area contributed by atoms with E-state index in [-0.39, 0.29) is 24.0 Å². The maximum atomic E-state index is 14.1. The van der Waals surface area contributed by atoms with E-state index in [4.69, 9.17) is 4.74 Å². The second-order valence-electron chi connectivity index (χ2n) is 9.14. The summed E-state index contributed by atoms with van der Waals surface area (Å²) < 4.78 is 21.9. The highest BCUT2D eigenvalue weighted by molar-refractivity contribution is 5.74. The summed E-state index contributed by atoms with van der Waals surface area (Å²) in [6.45, 7) is 3.36. The molecule has 0 spiro atoms. The van der Waals surface area contributed by atoms with Gasteiger partial charge in [0.25, 0.3) is 0 Å². The second-order valence-corrected chi connectivity index (χ2v) is 9.14. The summed E-state index contributed by atoms with van der Waals surface area (Å²) in [4.78, 5) is 14.6. The number of carbonyl (C=O) groups is 1. The Morgan fingerprint density at radius 1 is 1.09 bits per heavy atom. The fourth-order valence-electron chi connectivity index (χ4n) is 5.04. The molecule has 32 heavy (non-hydrogen) atoms. The van der Waals surface area contributed by atoms with E-state index in [0.29, 0.717) is 31.3 Å². The second kappa shape index (κ2) is 9.54. The zero-order chi connectivity index (χ0) is 21.9. The average molecular weight is 443 g/mol. The molecule has 1 atom stereocenters. The first-order valence-electron chi connectivity index (χ1n) is 11.7. The van der Waals surface area contributed by atoms with Crippen molar-refractivity contribution in [1.82, 2.24) is 30.5 Å². The van der Waals surface area contributed by atoms with Crippen molar-refractivity contribution < 1.29 is 13.9 Å². The van der Waals surface area contributed by atoms with E-state index < -0.39 is 0 Å². The number of piperidine rings is 1. The molecule has 1 saturated heterocycles. The summed E-state index contributed by atoms with van der Waals surface area (Å²) in [5.74, 6) is -0.255. The van der Waals surface area contributed by atoms with Crippen molar-refractivity contribution in [2.45, 2.75) is 76.4 Å². The number of urea groups is 1. The molecule has 2 aliphatic heterocycles. The van der Waals surface area contributed by atoms with Crippen molar-refractivity contribution in [3.63, 3.8) is 0 Å². The van der Waals surface area contributed by atoms with Crippen LogP contribution in [0.4, 0.5) is 9.18 Å². The number of ether oxygens (including phenoxy) is 1. The van der Waals surface area contributed by atoms with Crippen LogP contribution in [0, 0.1) is 5.82 Å². The maximum absolute atomic E-state index is 14.1. The molecule has 0 bridgehead atoms. The standard InChI is InChI=1S/C23H31FN6O2/c24-19-8-4-3-7-18(19)22-14-30-21(15-32-22)20(27-28-30)13-29-11-9-17(10-12-29)26-23(31)25-16-5-1-2-6-16/h3-4,7-8,16-17,22H,1-2,5-6,9-15H2,(H2,25,26,31)/t22-/m0/s1. The Bertz CT molecular complexity index is 936. The highest BCUT2D eigenvalue weighted by atomic mass is 19.1. The van der Waals surface area contributed by atoms with Crippen LogP contribution in [0.1, 0.15) is 61.6 Å². The molecule has 9 heteroatoms. The Balaban J connectivity index is 1.11. The quantitative estimate of drug-likeness (QED) is 0.744. The number of fused-ring (bicyclic) bond motifs is 1. The van der Waals surface area contributed by atoms with Crippen molar-refractivity contribution in [3.8, 4) is 0 Å². The van der Waals surface area contributed by atoms with Gasteiger partial charge in [0.1, 0.15) is 17.6 Å². The van der Waals surface area contributed by atoms with E-state index in [9.17, 15) is 9.18 Å². The minimum Gasteiger partial charge on any atom is -0.365 e. The largest absolute Gasteiger partial charge is 0.365 e. The zero-order valence-corrected chi connectivity index (χ0v) is 18.3. The van der Waals surface area contributed by atoms with Gasteiger partial charge in [-0.05, 0) is 31.7 Å². The number of likely N-dealkylation sites (tertiary alicyclic amines) is 1. The number of nitrogens with zero attached hydrogens (tertiary/aromatic N) is 4. The maximum Gasteiger partial charge on any atom is 0.315 e. The summed E-state index contributed by atoms with van der Waals surface area (Å²) in [5, 5.41) is 14.9. The number of carbonyl (C=O) groups excluding carboxylic acids is 1. The number of nitrogens with one attached hydrogen (secondary N) is 2. The topological polar surface area (TPSA) is 84.3 Å². The zero-order valence-electron chi connectivity index (χ0n) is 18.3. The van der Waals surface area contributed by atoms with Crippen LogP contribution in [0.5, 0.6) is 0 Å². The van der Waals surface area contributed by atoms with Gasteiger partial charge in [0.2, 0.25) is 0 Å². The third-order valence-electron chi connectivity index (χ3n) is 6.92. The van der Waals surface area contributed by atoms with E-state index in [0.717, 1.165) is 50.2 Å². The molecule has 2 fully saturated rings. The highest BCUT2D eigenvalue weighted by Gasteiger charge is 2.28. The van der Waals surface area contributed by atoms with E-state index in [1.807, 2.05) is 10.7 Å². The smallest absolute Gasteiger partial charge is 0.315 e. The molecule has 1 aromatic heterocycles. The summed E-state index contributed by atoms with van der Waals surface area (Å²) in [5.41, 5.74) is 2.44. The Morgan fingerprint density at radius 3 is 2.56 bits per heavy atom. The first kappa shape index (κ1) is 21.3. The third-order valence-corrected chi connectivity index (χ3v) is 6.92. The SMILES string of the molecule is O=C(NC1CCCC1)NC1CCN(Cc2nnn3c2CO[C@H](c2ccccc2F)C3)CC1. The molecule has 0 unspecified atom stereocenters. The lowest BCUT2D eigenvalue weighted by Crippen LogP contribution is -2.49. The molecule has 172 valence electrons. The van der Waals surface area contributed by atoms with E-state index in [1.54, 1.807) is 12.1 Å². The monoisotopic (exact) mass is 442 g/mol. The van der Waals surface area contributed by atoms with Crippen molar-refractivity contribution in [3.05, 3.63) is 47.0 Å². The van der Waals surface area contributed by atoms with Gasteiger partial charge in [-0.25, -0.2) is 13.9 Å². The molecule has 8 nitrogen and oxygen atoms in total. The van der Waals surface area contributed by atoms with Crippen LogP contribution >= 0.6 is 0 Å². The lowest BCUT2D eigenvalue weighted by molar-refractivity contribution is -0.00414. The number of hydrogen-bond donors (Lipinski definition) is 2. The molecule has 3 heterocycles. The lowest BCUT2D eigenvalue weighted by atomic mass is 10.0. The Kier molecular flexibility index (Phi) is 6.36. The van der Waals surface area contributed by atoms with Crippen LogP contribution in [0.2, 0.25) is 0 Å². The first-order valence-corrected chi connectivity index (χ1v) is 11.7. The summed E-state index contributed by atoms with van der Waals surface area (Å²) in [6.07, 6.45) is 6.12. The van der Waals surface area contributed by atoms with Crippen LogP contribution in [0.15, 0.2) is 24.3 Å². The molecule has 5 rings (SSSR count). The van der Waals surface area contributed by atoms with Crippen molar-refractivity contribution in [1.29, 1.82) is 0 Å². The molecule has 1 aromatic carbocycles. The minimum atomic E-state index is -0.351. The third kappa shape index (κ3) is 4.78. The predicted molar refractivity (Wildman–Crippen MR) is 116 cm³/mol. The van der Waals surface area contributed by atoms with Gasteiger partial charge in [0, 0.05) is 37.3 Å². The molecule has 3 aliphatic rings. The first-order chi connectivity index (χ1) is 15.7. The number of halogens is 1.